The van der Waals surface area contributed by atoms with Crippen LogP contribution in [-0.4, -0.2) is 9.67 Å². The highest BCUT2D eigenvalue weighted by molar-refractivity contribution is 5.55. The molecule has 2 rings (SSSR count). The van der Waals surface area contributed by atoms with Gasteiger partial charge in [0.15, 0.2) is 0 Å². The molecule has 13 heavy (non-hydrogen) atoms. The van der Waals surface area contributed by atoms with Gasteiger partial charge in [-0.3, -0.25) is 0 Å². The van der Waals surface area contributed by atoms with Crippen molar-refractivity contribution in [2.24, 2.45) is 0 Å². The standard InChI is InChI=1S/C10H10N2O/c11-8-3-4-9(10(13)7-8)12-5-1-2-6-12/h1-7,13H,11H2. The number of benzene rings is 1. The summed E-state index contributed by atoms with van der Waals surface area (Å²) in [7, 11) is 0. The Morgan fingerprint density at radius 2 is 1.85 bits per heavy atom. The second kappa shape index (κ2) is 2.86. The van der Waals surface area contributed by atoms with Crippen LogP contribution in [0.15, 0.2) is 42.7 Å². The first kappa shape index (κ1) is 7.73. The normalized spacial score (nSPS) is 10.2. The molecule has 1 aromatic heterocycles. The van der Waals surface area contributed by atoms with Crippen LogP contribution in [0, 0.1) is 0 Å². The number of aromatic hydroxyl groups is 1. The Morgan fingerprint density at radius 3 is 2.46 bits per heavy atom. The second-order valence-electron chi connectivity index (χ2n) is 2.84. The molecule has 0 amide bonds. The lowest BCUT2D eigenvalue weighted by atomic mass is 10.2. The summed E-state index contributed by atoms with van der Waals surface area (Å²) in [4.78, 5) is 0. The van der Waals surface area contributed by atoms with Gasteiger partial charge in [-0.2, -0.15) is 0 Å². The van der Waals surface area contributed by atoms with Gasteiger partial charge < -0.3 is 15.4 Å². The number of phenols is 1. The van der Waals surface area contributed by atoms with Crippen LogP contribution in [0.25, 0.3) is 5.69 Å². The van der Waals surface area contributed by atoms with Crippen molar-refractivity contribution in [3.05, 3.63) is 42.7 Å². The molecule has 0 spiro atoms. The summed E-state index contributed by atoms with van der Waals surface area (Å²) in [5, 5.41) is 9.56. The largest absolute Gasteiger partial charge is 0.506 e. The van der Waals surface area contributed by atoms with E-state index in [9.17, 15) is 5.11 Å². The SMILES string of the molecule is Nc1ccc(-n2cccc2)c(O)c1. The molecule has 66 valence electrons. The van der Waals surface area contributed by atoms with Crippen LogP contribution in [0.4, 0.5) is 5.69 Å². The smallest absolute Gasteiger partial charge is 0.141 e. The van der Waals surface area contributed by atoms with E-state index in [1.807, 2.05) is 29.1 Å². The predicted molar refractivity (Wildman–Crippen MR) is 51.8 cm³/mol. The molecule has 0 fully saturated rings. The molecule has 0 radical (unpaired) electrons. The van der Waals surface area contributed by atoms with Crippen molar-refractivity contribution in [3.63, 3.8) is 0 Å². The molecule has 3 N–H and O–H groups in total. The van der Waals surface area contributed by atoms with Crippen molar-refractivity contribution < 1.29 is 5.11 Å². The Bertz CT molecular complexity index is 407. The van der Waals surface area contributed by atoms with Gasteiger partial charge in [-0.25, -0.2) is 0 Å². The Hall–Kier alpha value is -1.90. The molecule has 1 heterocycles. The van der Waals surface area contributed by atoms with Gasteiger partial charge in [0.2, 0.25) is 0 Å². The van der Waals surface area contributed by atoms with Gasteiger partial charge >= 0.3 is 0 Å². The molecule has 0 aliphatic carbocycles. The van der Waals surface area contributed by atoms with E-state index >= 15 is 0 Å². The molecular weight excluding hydrogens is 164 g/mol. The van der Waals surface area contributed by atoms with E-state index < -0.39 is 0 Å². The lowest BCUT2D eigenvalue weighted by Gasteiger charge is -2.05. The highest BCUT2D eigenvalue weighted by Gasteiger charge is 2.01. The van der Waals surface area contributed by atoms with Gasteiger partial charge in [0.1, 0.15) is 5.75 Å². The third-order valence-electron chi connectivity index (χ3n) is 1.88. The quantitative estimate of drug-likeness (QED) is 0.647. The number of anilines is 1. The number of hydrogen-bond acceptors (Lipinski definition) is 2. The average molecular weight is 174 g/mol. The molecule has 0 unspecified atom stereocenters. The minimum Gasteiger partial charge on any atom is -0.506 e. The first-order valence-corrected chi connectivity index (χ1v) is 3.99. The van der Waals surface area contributed by atoms with E-state index in [0.717, 1.165) is 5.69 Å². The molecule has 0 aliphatic rings. The summed E-state index contributed by atoms with van der Waals surface area (Å²) in [5.74, 6) is 0.191. The van der Waals surface area contributed by atoms with Crippen molar-refractivity contribution in [1.29, 1.82) is 0 Å². The number of nitrogens with zero attached hydrogens (tertiary/aromatic N) is 1. The van der Waals surface area contributed by atoms with E-state index in [1.54, 1.807) is 12.1 Å². The predicted octanol–water partition coefficient (Wildman–Crippen LogP) is 1.77. The fourth-order valence-corrected chi connectivity index (χ4v) is 1.25. The Morgan fingerprint density at radius 1 is 1.15 bits per heavy atom. The lowest BCUT2D eigenvalue weighted by Crippen LogP contribution is -1.91. The summed E-state index contributed by atoms with van der Waals surface area (Å²) in [6.45, 7) is 0. The van der Waals surface area contributed by atoms with Crippen LogP contribution in [0.5, 0.6) is 5.75 Å². The molecule has 2 aromatic rings. The van der Waals surface area contributed by atoms with Crippen molar-refractivity contribution in [2.45, 2.75) is 0 Å². The number of rotatable bonds is 1. The molecular formula is C10H10N2O. The first-order valence-electron chi connectivity index (χ1n) is 3.99. The monoisotopic (exact) mass is 174 g/mol. The Labute approximate surface area is 76.0 Å². The Balaban J connectivity index is 2.53. The molecule has 1 aromatic carbocycles. The molecule has 0 aliphatic heterocycles. The molecule has 0 bridgehead atoms. The zero-order valence-corrected chi connectivity index (χ0v) is 7.01. The molecule has 3 nitrogen and oxygen atoms in total. The van der Waals surface area contributed by atoms with Crippen LogP contribution < -0.4 is 5.73 Å². The van der Waals surface area contributed by atoms with Gasteiger partial charge in [-0.05, 0) is 24.3 Å². The van der Waals surface area contributed by atoms with E-state index in [1.165, 1.54) is 6.07 Å². The van der Waals surface area contributed by atoms with Crippen LogP contribution in [0.2, 0.25) is 0 Å². The number of aromatic nitrogens is 1. The third kappa shape index (κ3) is 1.36. The highest BCUT2D eigenvalue weighted by Crippen LogP contribution is 2.23. The van der Waals surface area contributed by atoms with E-state index in [-0.39, 0.29) is 5.75 Å². The zero-order chi connectivity index (χ0) is 9.26. The van der Waals surface area contributed by atoms with Gasteiger partial charge in [-0.1, -0.05) is 0 Å². The van der Waals surface area contributed by atoms with Crippen LogP contribution >= 0.6 is 0 Å². The minimum atomic E-state index is 0.191. The van der Waals surface area contributed by atoms with Gasteiger partial charge in [0, 0.05) is 24.1 Å². The fourth-order valence-electron chi connectivity index (χ4n) is 1.25. The first-order chi connectivity index (χ1) is 6.27. The van der Waals surface area contributed by atoms with Crippen molar-refractivity contribution in [2.75, 3.05) is 5.73 Å². The van der Waals surface area contributed by atoms with Crippen LogP contribution in [-0.2, 0) is 0 Å². The number of nitrogens with two attached hydrogens (primary N) is 1. The summed E-state index contributed by atoms with van der Waals surface area (Å²) in [6, 6.07) is 8.88. The maximum absolute atomic E-state index is 9.56. The second-order valence-corrected chi connectivity index (χ2v) is 2.84. The minimum absolute atomic E-state index is 0.191. The van der Waals surface area contributed by atoms with E-state index in [2.05, 4.69) is 0 Å². The number of nitrogen functional groups attached to an aromatic ring is 1. The van der Waals surface area contributed by atoms with Crippen LogP contribution in [0.3, 0.4) is 0 Å². The van der Waals surface area contributed by atoms with Crippen molar-refractivity contribution in [1.82, 2.24) is 4.57 Å². The molecule has 3 heteroatoms. The maximum atomic E-state index is 9.56. The summed E-state index contributed by atoms with van der Waals surface area (Å²) >= 11 is 0. The van der Waals surface area contributed by atoms with Gasteiger partial charge in [-0.15, -0.1) is 0 Å². The lowest BCUT2D eigenvalue weighted by molar-refractivity contribution is 0.472. The van der Waals surface area contributed by atoms with Crippen LogP contribution in [0.1, 0.15) is 0 Å². The zero-order valence-electron chi connectivity index (χ0n) is 7.01. The van der Waals surface area contributed by atoms with Gasteiger partial charge in [0.05, 0.1) is 5.69 Å². The van der Waals surface area contributed by atoms with Crippen molar-refractivity contribution >= 4 is 5.69 Å². The maximum Gasteiger partial charge on any atom is 0.141 e. The summed E-state index contributed by atoms with van der Waals surface area (Å²) in [6.07, 6.45) is 3.73. The number of hydrogen-bond donors (Lipinski definition) is 2. The summed E-state index contributed by atoms with van der Waals surface area (Å²) < 4.78 is 1.83. The average Bonchev–Trinajstić information content (AvgIpc) is 2.56. The molecule has 0 saturated heterocycles. The van der Waals surface area contributed by atoms with E-state index in [0.29, 0.717) is 5.69 Å². The molecule has 0 atom stereocenters. The highest BCUT2D eigenvalue weighted by atomic mass is 16.3. The molecule has 0 saturated carbocycles. The fraction of sp³-hybridized carbons (Fsp3) is 0. The van der Waals surface area contributed by atoms with E-state index in [4.69, 9.17) is 5.73 Å². The third-order valence-corrected chi connectivity index (χ3v) is 1.88. The van der Waals surface area contributed by atoms with Gasteiger partial charge in [0.25, 0.3) is 0 Å². The number of phenolic OH excluding ortho intramolecular Hbond substituents is 1. The summed E-state index contributed by atoms with van der Waals surface area (Å²) in [5.41, 5.74) is 6.81. The topological polar surface area (TPSA) is 51.2 Å². The Kier molecular flexibility index (Phi) is 1.70. The van der Waals surface area contributed by atoms with Crippen molar-refractivity contribution in [3.8, 4) is 11.4 Å².